The van der Waals surface area contributed by atoms with Crippen LogP contribution in [0.15, 0.2) is 89.5 Å². The van der Waals surface area contributed by atoms with Crippen molar-refractivity contribution in [2.45, 2.75) is 27.7 Å². The summed E-state index contributed by atoms with van der Waals surface area (Å²) in [6, 6.07) is 21.4. The van der Waals surface area contributed by atoms with E-state index in [0.717, 1.165) is 0 Å². The zero-order valence-electron chi connectivity index (χ0n) is 14.4. The van der Waals surface area contributed by atoms with Gasteiger partial charge in [-0.2, -0.15) is 0 Å². The van der Waals surface area contributed by atoms with Crippen LogP contribution in [0.5, 0.6) is 0 Å². The number of hydrogen-bond acceptors (Lipinski definition) is 0. The molecule has 0 aromatic heterocycles. The highest BCUT2D eigenvalue weighted by Gasteiger charge is 2.26. The Kier molecular flexibility index (Phi) is 4.09. The van der Waals surface area contributed by atoms with Crippen molar-refractivity contribution in [1.29, 1.82) is 0 Å². The molecule has 0 saturated carbocycles. The summed E-state index contributed by atoms with van der Waals surface area (Å²) in [5.41, 5.74) is 8.09. The van der Waals surface area contributed by atoms with Crippen molar-refractivity contribution < 1.29 is 0 Å². The molecular weight excluding hydrogens is 276 g/mol. The van der Waals surface area contributed by atoms with Gasteiger partial charge in [-0.05, 0) is 40.2 Å². The van der Waals surface area contributed by atoms with Crippen LogP contribution in [0.3, 0.4) is 0 Å². The lowest BCUT2D eigenvalue weighted by Gasteiger charge is -2.24. The highest BCUT2D eigenvalue weighted by molar-refractivity contribution is 5.88. The summed E-state index contributed by atoms with van der Waals surface area (Å²) in [5, 5.41) is 0. The largest absolute Gasteiger partial charge is 0.0622 e. The maximum Gasteiger partial charge on any atom is -0.00358 e. The summed E-state index contributed by atoms with van der Waals surface area (Å²) >= 11 is 0. The highest BCUT2D eigenvalue weighted by atomic mass is 14.3. The minimum Gasteiger partial charge on any atom is -0.0622 e. The maximum absolute atomic E-state index is 2.33. The van der Waals surface area contributed by atoms with Gasteiger partial charge in [-0.3, -0.25) is 0 Å². The Labute approximate surface area is 139 Å². The fourth-order valence-electron chi connectivity index (χ4n) is 3.17. The van der Waals surface area contributed by atoms with Crippen LogP contribution in [0.4, 0.5) is 0 Å². The van der Waals surface area contributed by atoms with Gasteiger partial charge in [0.1, 0.15) is 0 Å². The zero-order chi connectivity index (χ0) is 16.4. The molecular formula is C23H24. The van der Waals surface area contributed by atoms with E-state index in [1.165, 1.54) is 33.4 Å². The molecule has 116 valence electrons. The van der Waals surface area contributed by atoms with E-state index < -0.39 is 0 Å². The first kappa shape index (κ1) is 15.6. The molecule has 0 amide bonds. The van der Waals surface area contributed by atoms with Crippen molar-refractivity contribution in [3.8, 4) is 0 Å². The van der Waals surface area contributed by atoms with Gasteiger partial charge in [0.25, 0.3) is 0 Å². The number of allylic oxidation sites excluding steroid dienone is 5. The molecule has 1 aliphatic rings. The molecule has 23 heavy (non-hydrogen) atoms. The standard InChI is InChI=1S/C23H24/c1-17-15-20(21(16-17)23(2,3)4)22(18-11-7-5-8-12-18)19-13-9-6-10-14-19/h5-16H,1-4H3. The predicted molar refractivity (Wildman–Crippen MR) is 100 cm³/mol. The van der Waals surface area contributed by atoms with Crippen molar-refractivity contribution in [3.05, 3.63) is 101 Å². The molecule has 0 bridgehead atoms. The molecule has 0 nitrogen and oxygen atoms in total. The van der Waals surface area contributed by atoms with Gasteiger partial charge in [-0.1, -0.05) is 99.2 Å². The van der Waals surface area contributed by atoms with Crippen LogP contribution in [0, 0.1) is 5.41 Å². The Balaban J connectivity index is 2.30. The molecule has 0 spiro atoms. The summed E-state index contributed by atoms with van der Waals surface area (Å²) < 4.78 is 0. The second-order valence-electron chi connectivity index (χ2n) is 7.22. The quantitative estimate of drug-likeness (QED) is 0.600. The van der Waals surface area contributed by atoms with Crippen LogP contribution in [-0.4, -0.2) is 0 Å². The fraction of sp³-hybridized carbons (Fsp3) is 0.217. The Hall–Kier alpha value is -2.34. The first-order valence-corrected chi connectivity index (χ1v) is 8.23. The Morgan fingerprint density at radius 3 is 1.61 bits per heavy atom. The molecule has 0 atom stereocenters. The van der Waals surface area contributed by atoms with Gasteiger partial charge in [0.15, 0.2) is 0 Å². The topological polar surface area (TPSA) is 0 Å². The van der Waals surface area contributed by atoms with Gasteiger partial charge in [0.2, 0.25) is 0 Å². The SMILES string of the molecule is CC1=CC(=C(c2ccccc2)c2ccccc2)C(C(C)(C)C)=C1. The van der Waals surface area contributed by atoms with Gasteiger partial charge in [0, 0.05) is 0 Å². The summed E-state index contributed by atoms with van der Waals surface area (Å²) in [7, 11) is 0. The van der Waals surface area contributed by atoms with Crippen molar-refractivity contribution in [2.24, 2.45) is 5.41 Å². The van der Waals surface area contributed by atoms with E-state index in [9.17, 15) is 0 Å². The van der Waals surface area contributed by atoms with E-state index in [2.05, 4.69) is 101 Å². The summed E-state index contributed by atoms with van der Waals surface area (Å²) in [4.78, 5) is 0. The van der Waals surface area contributed by atoms with Crippen molar-refractivity contribution in [2.75, 3.05) is 0 Å². The summed E-state index contributed by atoms with van der Waals surface area (Å²) in [5.74, 6) is 0. The number of benzene rings is 2. The lowest BCUT2D eigenvalue weighted by atomic mass is 9.79. The van der Waals surface area contributed by atoms with E-state index in [1.54, 1.807) is 0 Å². The zero-order valence-corrected chi connectivity index (χ0v) is 14.4. The van der Waals surface area contributed by atoms with Gasteiger partial charge in [-0.15, -0.1) is 0 Å². The Morgan fingerprint density at radius 1 is 0.696 bits per heavy atom. The third-order valence-electron chi connectivity index (χ3n) is 4.24. The van der Waals surface area contributed by atoms with Crippen molar-refractivity contribution in [3.63, 3.8) is 0 Å². The molecule has 2 aromatic rings. The molecule has 0 N–H and O–H groups in total. The predicted octanol–water partition coefficient (Wildman–Crippen LogP) is 6.42. The Bertz CT molecular complexity index is 737. The molecule has 1 aliphatic carbocycles. The third kappa shape index (κ3) is 3.22. The second kappa shape index (κ2) is 6.04. The van der Waals surface area contributed by atoms with Crippen LogP contribution >= 0.6 is 0 Å². The monoisotopic (exact) mass is 300 g/mol. The fourth-order valence-corrected chi connectivity index (χ4v) is 3.17. The molecule has 0 radical (unpaired) electrons. The molecule has 0 heteroatoms. The second-order valence-corrected chi connectivity index (χ2v) is 7.22. The van der Waals surface area contributed by atoms with Gasteiger partial charge in [0.05, 0.1) is 0 Å². The van der Waals surface area contributed by atoms with Gasteiger partial charge >= 0.3 is 0 Å². The van der Waals surface area contributed by atoms with Crippen molar-refractivity contribution >= 4 is 5.57 Å². The normalized spacial score (nSPS) is 14.5. The molecule has 2 aromatic carbocycles. The summed E-state index contributed by atoms with van der Waals surface area (Å²) in [6.07, 6.45) is 4.66. The number of rotatable bonds is 2. The maximum atomic E-state index is 2.33. The smallest absolute Gasteiger partial charge is 0.00358 e. The van der Waals surface area contributed by atoms with E-state index >= 15 is 0 Å². The van der Waals surface area contributed by atoms with Crippen molar-refractivity contribution in [1.82, 2.24) is 0 Å². The number of hydrogen-bond donors (Lipinski definition) is 0. The van der Waals surface area contributed by atoms with Crippen LogP contribution in [0.1, 0.15) is 38.8 Å². The van der Waals surface area contributed by atoms with Crippen LogP contribution in [0.2, 0.25) is 0 Å². The highest BCUT2D eigenvalue weighted by Crippen LogP contribution is 2.42. The van der Waals surface area contributed by atoms with E-state index in [1.807, 2.05) is 0 Å². The van der Waals surface area contributed by atoms with Crippen LogP contribution < -0.4 is 0 Å². The molecule has 3 rings (SSSR count). The average Bonchev–Trinajstić information content (AvgIpc) is 2.92. The van der Waals surface area contributed by atoms with Crippen LogP contribution in [-0.2, 0) is 0 Å². The van der Waals surface area contributed by atoms with Gasteiger partial charge < -0.3 is 0 Å². The minimum absolute atomic E-state index is 0.123. The molecule has 0 saturated heterocycles. The molecule has 0 fully saturated rings. The minimum atomic E-state index is 0.123. The first-order valence-electron chi connectivity index (χ1n) is 8.23. The first-order chi connectivity index (χ1) is 11.0. The van der Waals surface area contributed by atoms with E-state index in [4.69, 9.17) is 0 Å². The lowest BCUT2D eigenvalue weighted by Crippen LogP contribution is -2.10. The molecule has 0 heterocycles. The molecule has 0 aliphatic heterocycles. The molecule has 0 unspecified atom stereocenters. The average molecular weight is 300 g/mol. The summed E-state index contributed by atoms with van der Waals surface area (Å²) in [6.45, 7) is 9.06. The van der Waals surface area contributed by atoms with E-state index in [-0.39, 0.29) is 5.41 Å². The van der Waals surface area contributed by atoms with Crippen LogP contribution in [0.25, 0.3) is 5.57 Å². The van der Waals surface area contributed by atoms with E-state index in [0.29, 0.717) is 0 Å². The Morgan fingerprint density at radius 2 is 1.17 bits per heavy atom. The van der Waals surface area contributed by atoms with Gasteiger partial charge in [-0.25, -0.2) is 0 Å². The third-order valence-corrected chi connectivity index (χ3v) is 4.24. The lowest BCUT2D eigenvalue weighted by molar-refractivity contribution is 0.514.